The van der Waals surface area contributed by atoms with Gasteiger partial charge in [0.25, 0.3) is 11.5 Å². The summed E-state index contributed by atoms with van der Waals surface area (Å²) < 4.78 is 22.5. The van der Waals surface area contributed by atoms with Gasteiger partial charge in [-0.15, -0.1) is 0 Å². The molecule has 0 saturated heterocycles. The summed E-state index contributed by atoms with van der Waals surface area (Å²) >= 11 is 3.38. The Labute approximate surface area is 238 Å². The van der Waals surface area contributed by atoms with Crippen molar-refractivity contribution in [1.29, 1.82) is 0 Å². The number of rotatable bonds is 11. The average molecular weight is 614 g/mol. The number of carboxylic acid groups (broad SMARTS) is 1. The van der Waals surface area contributed by atoms with Crippen molar-refractivity contribution >= 4 is 33.7 Å². The maximum absolute atomic E-state index is 14.9. The number of nitrogens with one attached hydrogen (secondary N) is 3. The van der Waals surface area contributed by atoms with E-state index in [9.17, 15) is 18.8 Å². The van der Waals surface area contributed by atoms with Crippen LogP contribution in [0.5, 0.6) is 5.75 Å². The summed E-state index contributed by atoms with van der Waals surface area (Å²) in [6.07, 6.45) is 4.12. The number of nitrogens with zero attached hydrogens (tertiary/aromatic N) is 2. The molecule has 2 aliphatic carbocycles. The number of para-hydroxylation sites is 1. The lowest BCUT2D eigenvalue weighted by Gasteiger charge is -2.22. The van der Waals surface area contributed by atoms with E-state index >= 15 is 0 Å². The topological polar surface area (TPSA) is 135 Å². The number of halogens is 2. The zero-order valence-electron chi connectivity index (χ0n) is 21.8. The first-order chi connectivity index (χ1) is 19.2. The van der Waals surface area contributed by atoms with Crippen LogP contribution in [0.25, 0.3) is 5.69 Å². The number of amides is 2. The molecular weight excluding hydrogens is 585 g/mol. The largest absolute Gasteiger partial charge is 0.493 e. The molecule has 210 valence electrons. The first-order valence-electron chi connectivity index (χ1n) is 13.0. The molecule has 0 spiro atoms. The Hall–Kier alpha value is -3.93. The van der Waals surface area contributed by atoms with Crippen LogP contribution in [-0.2, 0) is 5.54 Å². The summed E-state index contributed by atoms with van der Waals surface area (Å²) in [5.74, 6) is -0.268. The van der Waals surface area contributed by atoms with Crippen LogP contribution in [0.4, 0.5) is 15.0 Å². The van der Waals surface area contributed by atoms with Gasteiger partial charge in [0.05, 0.1) is 17.8 Å². The van der Waals surface area contributed by atoms with Crippen molar-refractivity contribution < 1.29 is 23.8 Å². The molecule has 0 atom stereocenters. The normalized spacial score (nSPS) is 15.3. The first-order valence-corrected chi connectivity index (χ1v) is 13.8. The van der Waals surface area contributed by atoms with E-state index in [2.05, 4.69) is 36.9 Å². The van der Waals surface area contributed by atoms with E-state index in [0.29, 0.717) is 23.4 Å². The number of carbonyl (C=O) groups excluding carboxylic acids is 1. The molecular formula is C28H29BrFN5O5. The van der Waals surface area contributed by atoms with Crippen LogP contribution in [-0.4, -0.2) is 45.9 Å². The zero-order chi connectivity index (χ0) is 28.4. The van der Waals surface area contributed by atoms with Crippen molar-refractivity contribution in [2.45, 2.75) is 50.6 Å². The number of aromatic nitrogens is 2. The quantitative estimate of drug-likeness (QED) is 0.234. The van der Waals surface area contributed by atoms with E-state index < -0.39 is 23.0 Å². The Morgan fingerprint density at radius 2 is 2.00 bits per heavy atom. The standard InChI is InChI=1S/C28H29BrFN5O5/c1-16-20(30)13-17(25(36)32-18-7-8-18)14-21(16)35-15-23(29)33-24(26(35)37)34-28(9-10-28)19-5-2-3-6-22(19)40-12-4-11-31-27(38)39/h2-3,5-6,13-15,18,31H,4,7-12H2,1H3,(H,32,36)(H,33,34)(H,38,39). The van der Waals surface area contributed by atoms with Crippen molar-refractivity contribution in [3.63, 3.8) is 0 Å². The number of hydrogen-bond acceptors (Lipinski definition) is 6. The SMILES string of the molecule is Cc1c(F)cc(C(=O)NC2CC2)cc1-n1cc(Br)nc(NC2(c3ccccc3OCCCNC(=O)O)CC2)c1=O. The molecule has 0 unspecified atom stereocenters. The van der Waals surface area contributed by atoms with E-state index in [4.69, 9.17) is 9.84 Å². The maximum Gasteiger partial charge on any atom is 0.404 e. The van der Waals surface area contributed by atoms with Gasteiger partial charge in [0.1, 0.15) is 16.2 Å². The molecule has 0 aliphatic heterocycles. The highest BCUT2D eigenvalue weighted by molar-refractivity contribution is 9.10. The van der Waals surface area contributed by atoms with Gasteiger partial charge < -0.3 is 25.8 Å². The fraction of sp³-hybridized carbons (Fsp3) is 0.357. The second-order valence-electron chi connectivity index (χ2n) is 10.1. The molecule has 5 rings (SSSR count). The molecule has 3 aromatic rings. The Morgan fingerprint density at radius 1 is 1.25 bits per heavy atom. The molecule has 1 aromatic heterocycles. The molecule has 2 fully saturated rings. The molecule has 40 heavy (non-hydrogen) atoms. The van der Waals surface area contributed by atoms with Gasteiger partial charge in [-0.2, -0.15) is 0 Å². The van der Waals surface area contributed by atoms with Crippen molar-refractivity contribution in [2.24, 2.45) is 0 Å². The minimum atomic E-state index is -1.08. The maximum atomic E-state index is 14.9. The highest BCUT2D eigenvalue weighted by Crippen LogP contribution is 2.50. The van der Waals surface area contributed by atoms with Crippen LogP contribution >= 0.6 is 15.9 Å². The van der Waals surface area contributed by atoms with Gasteiger partial charge in [0, 0.05) is 35.5 Å². The minimum absolute atomic E-state index is 0.0694. The molecule has 4 N–H and O–H groups in total. The van der Waals surface area contributed by atoms with Crippen LogP contribution in [0.2, 0.25) is 0 Å². The third-order valence-corrected chi connectivity index (χ3v) is 7.37. The molecule has 2 aromatic carbocycles. The van der Waals surface area contributed by atoms with Crippen LogP contribution in [0, 0.1) is 12.7 Å². The number of hydrogen-bond donors (Lipinski definition) is 4. The van der Waals surface area contributed by atoms with Gasteiger partial charge in [0.2, 0.25) is 0 Å². The molecule has 1 heterocycles. The summed E-state index contributed by atoms with van der Waals surface area (Å²) in [5.41, 5.74) is 0.395. The zero-order valence-corrected chi connectivity index (χ0v) is 23.4. The predicted octanol–water partition coefficient (Wildman–Crippen LogP) is 4.47. The smallest absolute Gasteiger partial charge is 0.404 e. The Balaban J connectivity index is 1.42. The van der Waals surface area contributed by atoms with Gasteiger partial charge in [-0.1, -0.05) is 18.2 Å². The minimum Gasteiger partial charge on any atom is -0.493 e. The van der Waals surface area contributed by atoms with E-state index in [1.807, 2.05) is 24.3 Å². The van der Waals surface area contributed by atoms with Gasteiger partial charge in [-0.05, 0) is 73.2 Å². The van der Waals surface area contributed by atoms with E-state index in [-0.39, 0.29) is 41.1 Å². The Morgan fingerprint density at radius 3 is 2.70 bits per heavy atom. The average Bonchev–Trinajstić information content (AvgIpc) is 3.85. The lowest BCUT2D eigenvalue weighted by molar-refractivity contribution is 0.0950. The monoisotopic (exact) mass is 613 g/mol. The summed E-state index contributed by atoms with van der Waals surface area (Å²) in [5, 5.41) is 17.2. The van der Waals surface area contributed by atoms with Gasteiger partial charge in [-0.3, -0.25) is 14.2 Å². The number of ether oxygens (including phenoxy) is 1. The fourth-order valence-corrected chi connectivity index (χ4v) is 4.90. The van der Waals surface area contributed by atoms with E-state index in [1.54, 1.807) is 6.92 Å². The first kappa shape index (κ1) is 27.6. The molecule has 2 aliphatic rings. The number of carbonyl (C=O) groups is 2. The highest BCUT2D eigenvalue weighted by atomic mass is 79.9. The van der Waals surface area contributed by atoms with Crippen LogP contribution < -0.4 is 26.2 Å². The van der Waals surface area contributed by atoms with Crippen molar-refractivity contribution in [1.82, 2.24) is 20.2 Å². The lowest BCUT2D eigenvalue weighted by atomic mass is 10.0. The third-order valence-electron chi connectivity index (χ3n) is 6.99. The second kappa shape index (κ2) is 11.3. The molecule has 2 saturated carbocycles. The van der Waals surface area contributed by atoms with Gasteiger partial charge in [-0.25, -0.2) is 14.2 Å². The lowest BCUT2D eigenvalue weighted by Crippen LogP contribution is -2.30. The summed E-state index contributed by atoms with van der Waals surface area (Å²) in [4.78, 5) is 41.4. The molecule has 12 heteroatoms. The van der Waals surface area contributed by atoms with Crippen molar-refractivity contribution in [2.75, 3.05) is 18.5 Å². The number of benzene rings is 2. The molecule has 10 nitrogen and oxygen atoms in total. The molecule has 2 amide bonds. The highest BCUT2D eigenvalue weighted by Gasteiger charge is 2.47. The fourth-order valence-electron chi connectivity index (χ4n) is 4.52. The Kier molecular flexibility index (Phi) is 7.79. The summed E-state index contributed by atoms with van der Waals surface area (Å²) in [6.45, 7) is 2.14. The molecule has 0 bridgehead atoms. The van der Waals surface area contributed by atoms with Crippen LogP contribution in [0.3, 0.4) is 0 Å². The second-order valence-corrected chi connectivity index (χ2v) is 10.9. The van der Waals surface area contributed by atoms with Crippen molar-refractivity contribution in [3.05, 3.63) is 80.1 Å². The predicted molar refractivity (Wildman–Crippen MR) is 150 cm³/mol. The van der Waals surface area contributed by atoms with Gasteiger partial charge >= 0.3 is 6.09 Å². The van der Waals surface area contributed by atoms with E-state index in [0.717, 1.165) is 31.2 Å². The van der Waals surface area contributed by atoms with Crippen LogP contribution in [0.1, 0.15) is 53.6 Å². The van der Waals surface area contributed by atoms with Gasteiger partial charge in [0.15, 0.2) is 5.82 Å². The third kappa shape index (κ3) is 6.11. The molecule has 0 radical (unpaired) electrons. The summed E-state index contributed by atoms with van der Waals surface area (Å²) in [7, 11) is 0. The Bertz CT molecular complexity index is 1520. The summed E-state index contributed by atoms with van der Waals surface area (Å²) in [6, 6.07) is 10.3. The van der Waals surface area contributed by atoms with Crippen LogP contribution in [0.15, 0.2) is 52.0 Å². The van der Waals surface area contributed by atoms with Crippen molar-refractivity contribution in [3.8, 4) is 11.4 Å². The van der Waals surface area contributed by atoms with E-state index in [1.165, 1.54) is 22.9 Å². The number of anilines is 1.